The fourth-order valence-electron chi connectivity index (χ4n) is 9.79. The van der Waals surface area contributed by atoms with Crippen LogP contribution in [0.25, 0.3) is 28.3 Å². The lowest BCUT2D eigenvalue weighted by molar-refractivity contribution is 0.415. The van der Waals surface area contributed by atoms with Crippen LogP contribution in [0.4, 0.5) is 0 Å². The average Bonchev–Trinajstić information content (AvgIpc) is 3.74. The molecule has 0 spiro atoms. The zero-order valence-corrected chi connectivity index (χ0v) is 36.5. The van der Waals surface area contributed by atoms with Gasteiger partial charge in [0.2, 0.25) is 0 Å². The van der Waals surface area contributed by atoms with E-state index >= 15 is 0 Å². The average molecular weight is 747 g/mol. The predicted molar refractivity (Wildman–Crippen MR) is 246 cm³/mol. The first-order chi connectivity index (χ1) is 26.8. The van der Waals surface area contributed by atoms with E-state index < -0.39 is 5.41 Å². The molecule has 2 aliphatic rings. The highest BCUT2D eigenvalue weighted by Crippen LogP contribution is 2.64. The number of rotatable bonds is 5. The van der Waals surface area contributed by atoms with Crippen molar-refractivity contribution < 1.29 is 0 Å². The molecule has 0 N–H and O–H groups in total. The summed E-state index contributed by atoms with van der Waals surface area (Å²) in [5.74, 6) is 0.114. The largest absolute Gasteiger partial charge is 0.0751 e. The summed E-state index contributed by atoms with van der Waals surface area (Å²) in [5, 5.41) is 0. The van der Waals surface area contributed by atoms with Gasteiger partial charge in [-0.25, -0.2) is 0 Å². The summed E-state index contributed by atoms with van der Waals surface area (Å²) >= 11 is 0. The summed E-state index contributed by atoms with van der Waals surface area (Å²) < 4.78 is 0. The van der Waals surface area contributed by atoms with Crippen LogP contribution in [0, 0.1) is 0 Å². The Balaban J connectivity index is 1.47. The molecule has 0 aromatic heterocycles. The normalized spacial score (nSPS) is 15.8. The highest BCUT2D eigenvalue weighted by atomic mass is 14.5. The van der Waals surface area contributed by atoms with Gasteiger partial charge in [0, 0.05) is 17.3 Å². The minimum Gasteiger partial charge on any atom is -0.0751 e. The molecule has 0 aliphatic heterocycles. The van der Waals surface area contributed by atoms with Gasteiger partial charge in [-0.2, -0.15) is 0 Å². The summed E-state index contributed by atoms with van der Waals surface area (Å²) in [6, 6.07) is 52.2. The van der Waals surface area contributed by atoms with E-state index in [-0.39, 0.29) is 33.5 Å². The monoisotopic (exact) mass is 746 g/mol. The molecular weight excluding hydrogens is 685 g/mol. The fraction of sp³-hybridized carbons (Fsp3) is 0.333. The molecule has 0 amide bonds. The van der Waals surface area contributed by atoms with E-state index in [4.69, 9.17) is 0 Å². The second-order valence-corrected chi connectivity index (χ2v) is 21.1. The van der Waals surface area contributed by atoms with Crippen molar-refractivity contribution in [1.29, 1.82) is 0 Å². The molecule has 0 saturated carbocycles. The van der Waals surface area contributed by atoms with E-state index in [9.17, 15) is 0 Å². The zero-order chi connectivity index (χ0) is 40.7. The lowest BCUT2D eigenvalue weighted by Crippen LogP contribution is -2.40. The molecule has 6 aromatic rings. The number of benzene rings is 6. The van der Waals surface area contributed by atoms with Crippen LogP contribution in [-0.2, 0) is 27.1 Å². The van der Waals surface area contributed by atoms with Gasteiger partial charge < -0.3 is 0 Å². The number of fused-ring (bicyclic) bond motifs is 4. The molecule has 1 unspecified atom stereocenters. The molecule has 0 bridgehead atoms. The minimum atomic E-state index is -0.472. The molecule has 0 heteroatoms. The van der Waals surface area contributed by atoms with Gasteiger partial charge in [0.1, 0.15) is 0 Å². The van der Waals surface area contributed by atoms with Crippen LogP contribution < -0.4 is 0 Å². The third-order valence-corrected chi connectivity index (χ3v) is 13.1. The van der Waals surface area contributed by atoms with Crippen LogP contribution >= 0.6 is 0 Å². The third kappa shape index (κ3) is 6.64. The van der Waals surface area contributed by atoms with Crippen LogP contribution in [0.2, 0.25) is 0 Å². The predicted octanol–water partition coefficient (Wildman–Crippen LogP) is 15.5. The number of hydrogen-bond acceptors (Lipinski definition) is 0. The Kier molecular flexibility index (Phi) is 9.27. The van der Waals surface area contributed by atoms with Crippen molar-refractivity contribution in [2.75, 3.05) is 0 Å². The summed E-state index contributed by atoms with van der Waals surface area (Å²) in [6.45, 7) is 28.1. The van der Waals surface area contributed by atoms with Crippen molar-refractivity contribution >= 4 is 6.08 Å². The van der Waals surface area contributed by atoms with Crippen LogP contribution in [0.3, 0.4) is 0 Å². The van der Waals surface area contributed by atoms with Crippen LogP contribution in [0.15, 0.2) is 140 Å². The number of hydrogen-bond donors (Lipinski definition) is 0. The van der Waals surface area contributed by atoms with Crippen molar-refractivity contribution in [1.82, 2.24) is 0 Å². The van der Waals surface area contributed by atoms with Gasteiger partial charge in [-0.05, 0) is 99.5 Å². The van der Waals surface area contributed by atoms with Crippen molar-refractivity contribution in [3.8, 4) is 22.3 Å². The Hall–Kier alpha value is -4.94. The maximum absolute atomic E-state index is 2.57. The standard InChI is InChI=1S/C57H62/c1-53(2,3)40-26-28-46-47-29-27-41(54(4,5)6)36-50(47)52(49(46)35-40)57(38-20-15-13-16-21-38,39-22-17-14-18-23-39)51-31-30-45-44(24-19-25-48(45)51)37-32-42(55(7,8)9)34-43(33-37)56(10,11)12/h13-36,51-52H,1-12H3. The van der Waals surface area contributed by atoms with Crippen LogP contribution in [-0.4, -0.2) is 0 Å². The second-order valence-electron chi connectivity index (χ2n) is 21.1. The zero-order valence-electron chi connectivity index (χ0n) is 36.5. The molecule has 290 valence electrons. The molecular formula is C57H62. The van der Waals surface area contributed by atoms with E-state index in [1.807, 2.05) is 0 Å². The Morgan fingerprint density at radius 2 is 0.807 bits per heavy atom. The van der Waals surface area contributed by atoms with Gasteiger partial charge in [0.05, 0.1) is 0 Å². The highest BCUT2D eigenvalue weighted by molar-refractivity contribution is 5.85. The van der Waals surface area contributed by atoms with Gasteiger partial charge in [-0.1, -0.05) is 229 Å². The molecule has 0 radical (unpaired) electrons. The molecule has 57 heavy (non-hydrogen) atoms. The summed E-state index contributed by atoms with van der Waals surface area (Å²) in [4.78, 5) is 0. The lowest BCUT2D eigenvalue weighted by atomic mass is 9.55. The Bertz CT molecular complexity index is 2340. The Morgan fingerprint density at radius 3 is 1.25 bits per heavy atom. The van der Waals surface area contributed by atoms with Gasteiger partial charge in [0.25, 0.3) is 0 Å². The second kappa shape index (κ2) is 13.6. The molecule has 0 nitrogen and oxygen atoms in total. The van der Waals surface area contributed by atoms with E-state index in [0.717, 1.165) is 0 Å². The third-order valence-electron chi connectivity index (χ3n) is 13.1. The minimum absolute atomic E-state index is 0.00927. The maximum atomic E-state index is 2.57. The smallest absolute Gasteiger partial charge is 0.0415 e. The Morgan fingerprint density at radius 1 is 0.351 bits per heavy atom. The molecule has 0 heterocycles. The topological polar surface area (TPSA) is 0 Å². The van der Waals surface area contributed by atoms with Crippen molar-refractivity contribution in [2.24, 2.45) is 0 Å². The van der Waals surface area contributed by atoms with Crippen molar-refractivity contribution in [3.63, 3.8) is 0 Å². The summed E-state index contributed by atoms with van der Waals surface area (Å²) in [6.07, 6.45) is 5.02. The summed E-state index contributed by atoms with van der Waals surface area (Å²) in [5.41, 5.74) is 18.8. The van der Waals surface area contributed by atoms with Crippen molar-refractivity contribution in [3.05, 3.63) is 195 Å². The first-order valence-electron chi connectivity index (χ1n) is 21.2. The van der Waals surface area contributed by atoms with Gasteiger partial charge in [-0.3, -0.25) is 0 Å². The maximum Gasteiger partial charge on any atom is 0.0415 e. The van der Waals surface area contributed by atoms with Crippen LogP contribution in [0.5, 0.6) is 0 Å². The van der Waals surface area contributed by atoms with Gasteiger partial charge in [0.15, 0.2) is 0 Å². The highest BCUT2D eigenvalue weighted by Gasteiger charge is 2.54. The molecule has 6 aromatic carbocycles. The van der Waals surface area contributed by atoms with Crippen molar-refractivity contribution in [2.45, 2.75) is 122 Å². The fourth-order valence-corrected chi connectivity index (χ4v) is 9.79. The van der Waals surface area contributed by atoms with E-state index in [2.05, 4.69) is 229 Å². The van der Waals surface area contributed by atoms with Gasteiger partial charge >= 0.3 is 0 Å². The van der Waals surface area contributed by atoms with Gasteiger partial charge in [-0.15, -0.1) is 0 Å². The molecule has 1 atom stereocenters. The summed E-state index contributed by atoms with van der Waals surface area (Å²) in [7, 11) is 0. The molecule has 0 saturated heterocycles. The first kappa shape index (κ1) is 38.9. The SMILES string of the molecule is CC(C)(C)c1cc(-c2cccc3c2C=CC3C(c2ccccc2)(c2ccccc2)C2c3cc(C(C)(C)C)ccc3-c3ccc(C(C)(C)C)cc32)cc(C(C)(C)C)c1. The van der Waals surface area contributed by atoms with E-state index in [1.54, 1.807) is 0 Å². The van der Waals surface area contributed by atoms with E-state index in [1.165, 1.54) is 77.9 Å². The Labute approximate surface area is 344 Å². The molecule has 2 aliphatic carbocycles. The molecule has 8 rings (SSSR count). The molecule has 0 fully saturated rings. The number of allylic oxidation sites excluding steroid dienone is 1. The first-order valence-corrected chi connectivity index (χ1v) is 21.2. The quantitative estimate of drug-likeness (QED) is 0.165. The van der Waals surface area contributed by atoms with Crippen LogP contribution in [0.1, 0.15) is 151 Å². The lowest BCUT2D eigenvalue weighted by Gasteiger charge is -2.46. The van der Waals surface area contributed by atoms with E-state index in [0.29, 0.717) is 0 Å².